The van der Waals surface area contributed by atoms with Crippen LogP contribution in [0.25, 0.3) is 11.1 Å². The lowest BCUT2D eigenvalue weighted by Crippen LogP contribution is -1.98. The molecule has 0 spiro atoms. The standard InChI is InChI=1S/C17H15FN2OS/c1-10(16-9-22-17(19)20-16)12-4-7-14(15(18)8-12)11-2-5-13(21)6-3-11/h2-10,21H,1H3,(H2,19,20). The van der Waals surface area contributed by atoms with Crippen molar-refractivity contribution in [2.45, 2.75) is 12.8 Å². The van der Waals surface area contributed by atoms with E-state index in [0.717, 1.165) is 16.8 Å². The molecule has 0 radical (unpaired) electrons. The van der Waals surface area contributed by atoms with Crippen LogP contribution in [0.1, 0.15) is 24.1 Å². The molecule has 3 nitrogen and oxygen atoms in total. The molecule has 0 aliphatic heterocycles. The Morgan fingerprint density at radius 3 is 2.50 bits per heavy atom. The lowest BCUT2D eigenvalue weighted by atomic mass is 9.95. The van der Waals surface area contributed by atoms with Crippen molar-refractivity contribution in [1.29, 1.82) is 0 Å². The highest BCUT2D eigenvalue weighted by atomic mass is 32.1. The minimum Gasteiger partial charge on any atom is -0.508 e. The van der Waals surface area contributed by atoms with Gasteiger partial charge < -0.3 is 10.8 Å². The Balaban J connectivity index is 1.93. The van der Waals surface area contributed by atoms with Crippen molar-refractivity contribution in [3.63, 3.8) is 0 Å². The molecule has 5 heteroatoms. The lowest BCUT2D eigenvalue weighted by Gasteiger charge is -2.11. The maximum atomic E-state index is 14.4. The zero-order valence-corrected chi connectivity index (χ0v) is 12.8. The van der Waals surface area contributed by atoms with Gasteiger partial charge >= 0.3 is 0 Å². The van der Waals surface area contributed by atoms with Crippen molar-refractivity contribution >= 4 is 16.5 Å². The van der Waals surface area contributed by atoms with Gasteiger partial charge in [0.25, 0.3) is 0 Å². The fourth-order valence-corrected chi connectivity index (χ4v) is 3.00. The van der Waals surface area contributed by atoms with Gasteiger partial charge in [-0.2, -0.15) is 0 Å². The monoisotopic (exact) mass is 314 g/mol. The molecule has 1 unspecified atom stereocenters. The number of nitrogen functional groups attached to an aromatic ring is 1. The summed E-state index contributed by atoms with van der Waals surface area (Å²) < 4.78 is 14.4. The molecule has 3 N–H and O–H groups in total. The van der Waals surface area contributed by atoms with E-state index < -0.39 is 0 Å². The van der Waals surface area contributed by atoms with Gasteiger partial charge in [-0.3, -0.25) is 0 Å². The van der Waals surface area contributed by atoms with Gasteiger partial charge in [0.1, 0.15) is 11.6 Å². The fourth-order valence-electron chi connectivity index (χ4n) is 2.35. The highest BCUT2D eigenvalue weighted by molar-refractivity contribution is 7.13. The van der Waals surface area contributed by atoms with Gasteiger partial charge in [-0.1, -0.05) is 31.2 Å². The van der Waals surface area contributed by atoms with Gasteiger partial charge in [-0.15, -0.1) is 11.3 Å². The molecule has 0 bridgehead atoms. The number of thiazole rings is 1. The summed E-state index contributed by atoms with van der Waals surface area (Å²) >= 11 is 1.38. The zero-order valence-electron chi connectivity index (χ0n) is 12.0. The van der Waals surface area contributed by atoms with E-state index in [4.69, 9.17) is 5.73 Å². The minimum atomic E-state index is -0.293. The molecule has 0 amide bonds. The predicted molar refractivity (Wildman–Crippen MR) is 87.5 cm³/mol. The molecule has 2 aromatic carbocycles. The number of aromatic hydroxyl groups is 1. The number of anilines is 1. The van der Waals surface area contributed by atoms with Crippen LogP contribution in [0.15, 0.2) is 47.8 Å². The number of nitrogens with two attached hydrogens (primary N) is 1. The first-order chi connectivity index (χ1) is 10.5. The van der Waals surface area contributed by atoms with Crippen LogP contribution in [0.3, 0.4) is 0 Å². The van der Waals surface area contributed by atoms with Gasteiger partial charge in [-0.25, -0.2) is 9.37 Å². The van der Waals surface area contributed by atoms with E-state index in [2.05, 4.69) is 4.98 Å². The summed E-state index contributed by atoms with van der Waals surface area (Å²) in [7, 11) is 0. The number of rotatable bonds is 3. The van der Waals surface area contributed by atoms with Crippen molar-refractivity contribution < 1.29 is 9.50 Å². The van der Waals surface area contributed by atoms with Crippen LogP contribution in [-0.2, 0) is 0 Å². The molecule has 3 rings (SSSR count). The van der Waals surface area contributed by atoms with E-state index >= 15 is 0 Å². The van der Waals surface area contributed by atoms with Crippen LogP contribution >= 0.6 is 11.3 Å². The third-order valence-electron chi connectivity index (χ3n) is 3.65. The zero-order chi connectivity index (χ0) is 15.7. The van der Waals surface area contributed by atoms with Crippen molar-refractivity contribution in [1.82, 2.24) is 4.98 Å². The molecule has 0 saturated heterocycles. The fraction of sp³-hybridized carbons (Fsp3) is 0.118. The van der Waals surface area contributed by atoms with Crippen LogP contribution in [0.4, 0.5) is 9.52 Å². The number of hydrogen-bond donors (Lipinski definition) is 2. The molecular formula is C17H15FN2OS. The summed E-state index contributed by atoms with van der Waals surface area (Å²) in [5.74, 6) is -0.148. The van der Waals surface area contributed by atoms with Crippen LogP contribution in [0.2, 0.25) is 0 Å². The van der Waals surface area contributed by atoms with E-state index in [1.165, 1.54) is 17.4 Å². The molecule has 0 aliphatic carbocycles. The number of phenols is 1. The van der Waals surface area contributed by atoms with Crippen LogP contribution in [0.5, 0.6) is 5.75 Å². The minimum absolute atomic E-state index is 0.0167. The summed E-state index contributed by atoms with van der Waals surface area (Å²) in [6, 6.07) is 11.7. The van der Waals surface area contributed by atoms with E-state index in [-0.39, 0.29) is 17.5 Å². The first kappa shape index (κ1) is 14.5. The number of hydrogen-bond acceptors (Lipinski definition) is 4. The molecule has 112 valence electrons. The summed E-state index contributed by atoms with van der Waals surface area (Å²) in [4.78, 5) is 4.25. The molecular weight excluding hydrogens is 299 g/mol. The maximum absolute atomic E-state index is 14.4. The topological polar surface area (TPSA) is 59.1 Å². The van der Waals surface area contributed by atoms with Crippen molar-refractivity contribution in [3.8, 4) is 16.9 Å². The highest BCUT2D eigenvalue weighted by Crippen LogP contribution is 2.30. The normalized spacial score (nSPS) is 12.3. The Morgan fingerprint density at radius 1 is 1.18 bits per heavy atom. The number of halogens is 1. The average molecular weight is 314 g/mol. The summed E-state index contributed by atoms with van der Waals surface area (Å²) in [5.41, 5.74) is 8.59. The smallest absolute Gasteiger partial charge is 0.180 e. The molecule has 3 aromatic rings. The van der Waals surface area contributed by atoms with Gasteiger partial charge in [0.05, 0.1) is 5.69 Å². The molecule has 1 heterocycles. The molecule has 1 aromatic heterocycles. The van der Waals surface area contributed by atoms with Crippen LogP contribution in [-0.4, -0.2) is 10.1 Å². The maximum Gasteiger partial charge on any atom is 0.180 e. The lowest BCUT2D eigenvalue weighted by molar-refractivity contribution is 0.475. The quantitative estimate of drug-likeness (QED) is 0.754. The summed E-state index contributed by atoms with van der Waals surface area (Å²) in [6.45, 7) is 1.98. The van der Waals surface area contributed by atoms with Gasteiger partial charge in [-0.05, 0) is 29.3 Å². The second kappa shape index (κ2) is 5.77. The molecule has 0 aliphatic rings. The van der Waals surface area contributed by atoms with Gasteiger partial charge in [0.15, 0.2) is 5.13 Å². The predicted octanol–water partition coefficient (Wildman–Crippen LogP) is 4.39. The second-order valence-corrected chi connectivity index (χ2v) is 6.01. The van der Waals surface area contributed by atoms with Crippen molar-refractivity contribution in [2.24, 2.45) is 0 Å². The molecule has 0 saturated carbocycles. The third kappa shape index (κ3) is 2.80. The Hall–Kier alpha value is -2.40. The highest BCUT2D eigenvalue weighted by Gasteiger charge is 2.14. The molecule has 1 atom stereocenters. The summed E-state index contributed by atoms with van der Waals surface area (Å²) in [6.07, 6.45) is 0. The number of phenolic OH excluding ortho intramolecular Hbond substituents is 1. The number of benzene rings is 2. The van der Waals surface area contributed by atoms with Gasteiger partial charge in [0, 0.05) is 16.9 Å². The van der Waals surface area contributed by atoms with Crippen LogP contribution in [0, 0.1) is 5.82 Å². The van der Waals surface area contributed by atoms with E-state index in [0.29, 0.717) is 10.7 Å². The third-order valence-corrected chi connectivity index (χ3v) is 4.35. The van der Waals surface area contributed by atoms with Crippen molar-refractivity contribution in [3.05, 3.63) is 64.9 Å². The van der Waals surface area contributed by atoms with Crippen LogP contribution < -0.4 is 5.73 Å². The molecule has 22 heavy (non-hydrogen) atoms. The van der Waals surface area contributed by atoms with Gasteiger partial charge in [0.2, 0.25) is 0 Å². The second-order valence-electron chi connectivity index (χ2n) is 5.12. The van der Waals surface area contributed by atoms with E-state index in [1.54, 1.807) is 30.3 Å². The first-order valence-electron chi connectivity index (χ1n) is 6.84. The van der Waals surface area contributed by atoms with E-state index in [1.807, 2.05) is 18.4 Å². The SMILES string of the molecule is CC(c1ccc(-c2ccc(O)cc2)c(F)c1)c1csc(N)n1. The average Bonchev–Trinajstić information content (AvgIpc) is 2.94. The largest absolute Gasteiger partial charge is 0.508 e. The number of aromatic nitrogens is 1. The Labute approximate surface area is 131 Å². The Kier molecular flexibility index (Phi) is 3.81. The Bertz CT molecular complexity index is 799. The Morgan fingerprint density at radius 2 is 1.91 bits per heavy atom. The van der Waals surface area contributed by atoms with E-state index in [9.17, 15) is 9.50 Å². The molecule has 0 fully saturated rings. The van der Waals surface area contributed by atoms with Crippen molar-refractivity contribution in [2.75, 3.05) is 5.73 Å². The number of nitrogens with zero attached hydrogens (tertiary/aromatic N) is 1. The first-order valence-corrected chi connectivity index (χ1v) is 7.72. The summed E-state index contributed by atoms with van der Waals surface area (Å²) in [5, 5.41) is 11.7.